The molecule has 0 saturated carbocycles. The van der Waals surface area contributed by atoms with E-state index in [1.807, 2.05) is 47.8 Å². The van der Waals surface area contributed by atoms with Gasteiger partial charge < -0.3 is 9.84 Å². The number of thiophene rings is 1. The molecular weight excluding hydrogens is 232 g/mol. The van der Waals surface area contributed by atoms with Crippen molar-refractivity contribution in [2.24, 2.45) is 0 Å². The van der Waals surface area contributed by atoms with Gasteiger partial charge in [0.15, 0.2) is 0 Å². The Kier molecular flexibility index (Phi) is 4.74. The number of rotatable bonds is 6. The first-order valence-electron chi connectivity index (χ1n) is 5.69. The van der Waals surface area contributed by atoms with Crippen molar-refractivity contribution in [1.29, 1.82) is 0 Å². The Morgan fingerprint density at radius 2 is 1.94 bits per heavy atom. The Labute approximate surface area is 105 Å². The summed E-state index contributed by atoms with van der Waals surface area (Å²) in [7, 11) is 0. The average Bonchev–Trinajstić information content (AvgIpc) is 2.89. The van der Waals surface area contributed by atoms with Gasteiger partial charge in [-0.25, -0.2) is 0 Å². The van der Waals surface area contributed by atoms with E-state index in [2.05, 4.69) is 0 Å². The fourth-order valence-electron chi connectivity index (χ4n) is 1.58. The highest BCUT2D eigenvalue weighted by Crippen LogP contribution is 2.21. The van der Waals surface area contributed by atoms with Crippen molar-refractivity contribution in [3.63, 3.8) is 0 Å². The maximum absolute atomic E-state index is 9.84. The minimum atomic E-state index is -0.397. The summed E-state index contributed by atoms with van der Waals surface area (Å²) in [5.74, 6) is 0. The molecule has 0 spiro atoms. The lowest BCUT2D eigenvalue weighted by atomic mass is 10.2. The van der Waals surface area contributed by atoms with Gasteiger partial charge in [0.25, 0.3) is 0 Å². The number of benzene rings is 1. The topological polar surface area (TPSA) is 29.5 Å². The van der Waals surface area contributed by atoms with Crippen LogP contribution in [0.15, 0.2) is 47.8 Å². The van der Waals surface area contributed by atoms with Gasteiger partial charge in [-0.1, -0.05) is 36.4 Å². The maximum Gasteiger partial charge on any atom is 0.0903 e. The lowest BCUT2D eigenvalue weighted by Gasteiger charge is -2.09. The van der Waals surface area contributed by atoms with Gasteiger partial charge in [0, 0.05) is 17.9 Å². The van der Waals surface area contributed by atoms with Gasteiger partial charge in [0.1, 0.15) is 0 Å². The molecule has 1 aromatic carbocycles. The smallest absolute Gasteiger partial charge is 0.0903 e. The number of hydrogen-bond acceptors (Lipinski definition) is 3. The predicted molar refractivity (Wildman–Crippen MR) is 70.0 cm³/mol. The van der Waals surface area contributed by atoms with E-state index in [4.69, 9.17) is 4.74 Å². The number of ether oxygens (including phenoxy) is 1. The van der Waals surface area contributed by atoms with E-state index in [0.717, 1.165) is 10.4 Å². The van der Waals surface area contributed by atoms with E-state index in [1.165, 1.54) is 0 Å². The molecule has 0 fully saturated rings. The van der Waals surface area contributed by atoms with Crippen LogP contribution in [-0.4, -0.2) is 11.7 Å². The summed E-state index contributed by atoms with van der Waals surface area (Å²) in [5.41, 5.74) is 1.16. The number of aliphatic hydroxyl groups is 1. The molecule has 2 aromatic rings. The maximum atomic E-state index is 9.84. The van der Waals surface area contributed by atoms with Crippen LogP contribution in [0, 0.1) is 0 Å². The highest BCUT2D eigenvalue weighted by Gasteiger charge is 2.07. The van der Waals surface area contributed by atoms with E-state index in [9.17, 15) is 5.11 Å². The molecule has 0 amide bonds. The summed E-state index contributed by atoms with van der Waals surface area (Å²) in [6, 6.07) is 14.0. The molecule has 0 bridgehead atoms. The Morgan fingerprint density at radius 3 is 2.65 bits per heavy atom. The van der Waals surface area contributed by atoms with E-state index in [0.29, 0.717) is 19.6 Å². The van der Waals surface area contributed by atoms with Gasteiger partial charge in [0.05, 0.1) is 12.7 Å². The second-order valence-corrected chi connectivity index (χ2v) is 4.84. The highest BCUT2D eigenvalue weighted by atomic mass is 32.1. The lowest BCUT2D eigenvalue weighted by molar-refractivity contribution is 0.0746. The van der Waals surface area contributed by atoms with Gasteiger partial charge in [-0.2, -0.15) is 0 Å². The molecule has 17 heavy (non-hydrogen) atoms. The normalized spacial score (nSPS) is 12.5. The molecule has 1 atom stereocenters. The molecule has 3 heteroatoms. The van der Waals surface area contributed by atoms with Crippen molar-refractivity contribution in [3.05, 3.63) is 58.3 Å². The van der Waals surface area contributed by atoms with Crippen molar-refractivity contribution in [2.75, 3.05) is 6.61 Å². The van der Waals surface area contributed by atoms with Crippen LogP contribution in [0.25, 0.3) is 0 Å². The molecule has 90 valence electrons. The van der Waals surface area contributed by atoms with E-state index >= 15 is 0 Å². The molecule has 0 radical (unpaired) electrons. The Balaban J connectivity index is 1.67. The summed E-state index contributed by atoms with van der Waals surface area (Å²) in [6.45, 7) is 1.19. The zero-order valence-electron chi connectivity index (χ0n) is 9.58. The standard InChI is InChI=1S/C14H16O2S/c15-13(14-7-4-10-17-14)8-9-16-11-12-5-2-1-3-6-12/h1-7,10,13,15H,8-9,11H2. The van der Waals surface area contributed by atoms with Crippen LogP contribution in [0.5, 0.6) is 0 Å². The van der Waals surface area contributed by atoms with Crippen LogP contribution in [0.4, 0.5) is 0 Å². The second kappa shape index (κ2) is 6.55. The van der Waals surface area contributed by atoms with Crippen LogP contribution in [0.2, 0.25) is 0 Å². The summed E-state index contributed by atoms with van der Waals surface area (Å²) in [5, 5.41) is 11.8. The van der Waals surface area contributed by atoms with Crippen molar-refractivity contribution < 1.29 is 9.84 Å². The molecule has 1 N–H and O–H groups in total. The van der Waals surface area contributed by atoms with Gasteiger partial charge in [0.2, 0.25) is 0 Å². The first-order chi connectivity index (χ1) is 8.36. The molecule has 1 unspecified atom stereocenters. The zero-order valence-corrected chi connectivity index (χ0v) is 10.4. The summed E-state index contributed by atoms with van der Waals surface area (Å²) in [6.07, 6.45) is 0.249. The lowest BCUT2D eigenvalue weighted by Crippen LogP contribution is -2.02. The van der Waals surface area contributed by atoms with Gasteiger partial charge in [-0.15, -0.1) is 11.3 Å². The first kappa shape index (κ1) is 12.3. The van der Waals surface area contributed by atoms with Crippen LogP contribution in [-0.2, 0) is 11.3 Å². The summed E-state index contributed by atoms with van der Waals surface area (Å²) >= 11 is 1.58. The fraction of sp³-hybridized carbons (Fsp3) is 0.286. The third kappa shape index (κ3) is 3.97. The molecule has 2 nitrogen and oxygen atoms in total. The Hall–Kier alpha value is -1.16. The zero-order chi connectivity index (χ0) is 11.9. The monoisotopic (exact) mass is 248 g/mol. The molecule has 0 aliphatic carbocycles. The van der Waals surface area contributed by atoms with E-state index in [1.54, 1.807) is 11.3 Å². The van der Waals surface area contributed by atoms with Crippen LogP contribution >= 0.6 is 11.3 Å². The van der Waals surface area contributed by atoms with Crippen molar-refractivity contribution in [3.8, 4) is 0 Å². The van der Waals surface area contributed by atoms with Crippen LogP contribution in [0.3, 0.4) is 0 Å². The third-order valence-corrected chi connectivity index (χ3v) is 3.49. The van der Waals surface area contributed by atoms with Crippen molar-refractivity contribution >= 4 is 11.3 Å². The molecule has 0 saturated heterocycles. The van der Waals surface area contributed by atoms with Crippen LogP contribution in [0.1, 0.15) is 23.0 Å². The minimum Gasteiger partial charge on any atom is -0.387 e. The average molecular weight is 248 g/mol. The summed E-state index contributed by atoms with van der Waals surface area (Å²) in [4.78, 5) is 1.01. The molecular formula is C14H16O2S. The quantitative estimate of drug-likeness (QED) is 0.794. The van der Waals surface area contributed by atoms with Gasteiger partial charge in [-0.05, 0) is 17.0 Å². The highest BCUT2D eigenvalue weighted by molar-refractivity contribution is 7.10. The molecule has 0 aliphatic heterocycles. The molecule has 2 rings (SSSR count). The first-order valence-corrected chi connectivity index (χ1v) is 6.57. The Morgan fingerprint density at radius 1 is 1.12 bits per heavy atom. The fourth-order valence-corrected chi connectivity index (χ4v) is 2.33. The van der Waals surface area contributed by atoms with Crippen LogP contribution < -0.4 is 0 Å². The van der Waals surface area contributed by atoms with Crippen molar-refractivity contribution in [2.45, 2.75) is 19.1 Å². The molecule has 1 aromatic heterocycles. The number of hydrogen-bond donors (Lipinski definition) is 1. The van der Waals surface area contributed by atoms with E-state index in [-0.39, 0.29) is 0 Å². The van der Waals surface area contributed by atoms with Gasteiger partial charge >= 0.3 is 0 Å². The molecule has 0 aliphatic rings. The molecule has 1 heterocycles. The predicted octanol–water partition coefficient (Wildman–Crippen LogP) is 3.39. The SMILES string of the molecule is OC(CCOCc1ccccc1)c1cccs1. The Bertz CT molecular complexity index is 411. The third-order valence-electron chi connectivity index (χ3n) is 2.52. The largest absolute Gasteiger partial charge is 0.387 e. The minimum absolute atomic E-state index is 0.397. The van der Waals surface area contributed by atoms with Crippen molar-refractivity contribution in [1.82, 2.24) is 0 Å². The summed E-state index contributed by atoms with van der Waals surface area (Å²) < 4.78 is 5.53. The van der Waals surface area contributed by atoms with Gasteiger partial charge in [-0.3, -0.25) is 0 Å². The van der Waals surface area contributed by atoms with E-state index < -0.39 is 6.10 Å². The number of aliphatic hydroxyl groups excluding tert-OH is 1. The second-order valence-electron chi connectivity index (χ2n) is 3.86.